The van der Waals surface area contributed by atoms with E-state index in [4.69, 9.17) is 11.6 Å². The molecule has 1 unspecified atom stereocenters. The summed E-state index contributed by atoms with van der Waals surface area (Å²) in [5.41, 5.74) is 3.20. The Morgan fingerprint density at radius 2 is 1.39 bits per heavy atom. The van der Waals surface area contributed by atoms with E-state index >= 15 is 0 Å². The number of thioether (sulfide) groups is 1. The Morgan fingerprint density at radius 1 is 0.684 bits per heavy atom. The lowest BCUT2D eigenvalue weighted by Gasteiger charge is -2.18. The number of nitrogens with one attached hydrogen (secondary N) is 2. The molecule has 0 aliphatic heterocycles. The molecule has 0 saturated carbocycles. The van der Waals surface area contributed by atoms with Gasteiger partial charge in [0.2, 0.25) is 11.8 Å². The molecule has 0 radical (unpaired) electrons. The third kappa shape index (κ3) is 6.62. The molecule has 0 spiro atoms. The first-order chi connectivity index (χ1) is 18.5. The zero-order chi connectivity index (χ0) is 26.3. The number of anilines is 2. The first kappa shape index (κ1) is 25.6. The quantitative estimate of drug-likeness (QED) is 0.197. The summed E-state index contributed by atoms with van der Waals surface area (Å²) in [5, 5.41) is 8.39. The predicted octanol–water partition coefficient (Wildman–Crippen LogP) is 8.15. The standard InChI is InChI=1S/C32H25ClN2O2S/c33-26-16-13-22(14-17-26)19-30(36)34-27-11-6-12-29(21-27)38-31(24-8-2-1-3-9-24)32(37)35-28-18-15-23-7-4-5-10-25(23)20-28/h1-18,20-21,31H,19H2,(H,34,36)(H,35,37). The second kappa shape index (κ2) is 12.0. The SMILES string of the molecule is O=C(Cc1ccc(Cl)cc1)Nc1cccc(SC(C(=O)Nc2ccc3ccccc3c2)c2ccccc2)c1. The Morgan fingerprint density at radius 3 is 2.18 bits per heavy atom. The van der Waals surface area contributed by atoms with Crippen molar-refractivity contribution in [3.05, 3.63) is 137 Å². The van der Waals surface area contributed by atoms with Crippen LogP contribution in [0, 0.1) is 0 Å². The number of rotatable bonds is 8. The molecule has 5 aromatic rings. The van der Waals surface area contributed by atoms with Crippen molar-refractivity contribution in [2.24, 2.45) is 0 Å². The van der Waals surface area contributed by atoms with Crippen LogP contribution in [0.5, 0.6) is 0 Å². The van der Waals surface area contributed by atoms with Crippen LogP contribution in [0.2, 0.25) is 5.02 Å². The highest BCUT2D eigenvalue weighted by Crippen LogP contribution is 2.37. The minimum absolute atomic E-state index is 0.117. The summed E-state index contributed by atoms with van der Waals surface area (Å²) in [4.78, 5) is 27.0. The van der Waals surface area contributed by atoms with Crippen molar-refractivity contribution in [1.29, 1.82) is 0 Å². The van der Waals surface area contributed by atoms with Crippen LogP contribution in [0.25, 0.3) is 10.8 Å². The van der Waals surface area contributed by atoms with Crippen molar-refractivity contribution in [2.75, 3.05) is 10.6 Å². The second-order valence-electron chi connectivity index (χ2n) is 8.84. The number of benzene rings is 5. The summed E-state index contributed by atoms with van der Waals surface area (Å²) < 4.78 is 0. The maximum absolute atomic E-state index is 13.5. The fourth-order valence-electron chi connectivity index (χ4n) is 4.15. The summed E-state index contributed by atoms with van der Waals surface area (Å²) in [6, 6.07) is 38.4. The van der Waals surface area contributed by atoms with Crippen molar-refractivity contribution < 1.29 is 9.59 Å². The second-order valence-corrected chi connectivity index (χ2v) is 10.5. The fourth-order valence-corrected chi connectivity index (χ4v) is 5.36. The molecular formula is C32H25ClN2O2S. The fraction of sp³-hybridized carbons (Fsp3) is 0.0625. The van der Waals surface area contributed by atoms with Gasteiger partial charge in [0.05, 0.1) is 6.42 Å². The molecule has 2 N–H and O–H groups in total. The van der Waals surface area contributed by atoms with Gasteiger partial charge in [0, 0.05) is 21.3 Å². The van der Waals surface area contributed by atoms with Gasteiger partial charge in [-0.2, -0.15) is 0 Å². The Bertz CT molecular complexity index is 1570. The predicted molar refractivity (Wildman–Crippen MR) is 158 cm³/mol. The molecule has 0 aromatic heterocycles. The van der Waals surface area contributed by atoms with Gasteiger partial charge >= 0.3 is 0 Å². The van der Waals surface area contributed by atoms with E-state index in [9.17, 15) is 9.59 Å². The molecule has 0 aliphatic rings. The largest absolute Gasteiger partial charge is 0.326 e. The molecule has 5 aromatic carbocycles. The van der Waals surface area contributed by atoms with Crippen LogP contribution in [-0.4, -0.2) is 11.8 Å². The van der Waals surface area contributed by atoms with Crippen LogP contribution in [0.3, 0.4) is 0 Å². The molecule has 5 rings (SSSR count). The lowest BCUT2D eigenvalue weighted by Crippen LogP contribution is -2.19. The van der Waals surface area contributed by atoms with Gasteiger partial charge in [-0.15, -0.1) is 11.8 Å². The number of fused-ring (bicyclic) bond motifs is 1. The van der Waals surface area contributed by atoms with Gasteiger partial charge in [-0.1, -0.05) is 90.5 Å². The summed E-state index contributed by atoms with van der Waals surface area (Å²) >= 11 is 7.38. The summed E-state index contributed by atoms with van der Waals surface area (Å²) in [6.45, 7) is 0. The zero-order valence-corrected chi connectivity index (χ0v) is 22.0. The molecule has 0 aliphatic carbocycles. The van der Waals surface area contributed by atoms with E-state index in [1.165, 1.54) is 11.8 Å². The van der Waals surface area contributed by atoms with Crippen LogP contribution in [0.1, 0.15) is 16.4 Å². The van der Waals surface area contributed by atoms with E-state index in [2.05, 4.69) is 10.6 Å². The van der Waals surface area contributed by atoms with Gasteiger partial charge in [0.25, 0.3) is 0 Å². The molecule has 38 heavy (non-hydrogen) atoms. The van der Waals surface area contributed by atoms with E-state index in [1.54, 1.807) is 12.1 Å². The van der Waals surface area contributed by atoms with Gasteiger partial charge in [-0.3, -0.25) is 9.59 Å². The van der Waals surface area contributed by atoms with Crippen molar-refractivity contribution in [1.82, 2.24) is 0 Å². The lowest BCUT2D eigenvalue weighted by atomic mass is 10.1. The molecule has 0 bridgehead atoms. The highest BCUT2D eigenvalue weighted by atomic mass is 35.5. The average Bonchev–Trinajstić information content (AvgIpc) is 2.93. The smallest absolute Gasteiger partial charge is 0.242 e. The summed E-state index contributed by atoms with van der Waals surface area (Å²) in [7, 11) is 0. The first-order valence-electron chi connectivity index (χ1n) is 12.2. The van der Waals surface area contributed by atoms with Gasteiger partial charge in [-0.05, 0) is 64.4 Å². The number of hydrogen-bond donors (Lipinski definition) is 2. The highest BCUT2D eigenvalue weighted by molar-refractivity contribution is 8.00. The van der Waals surface area contributed by atoms with Crippen molar-refractivity contribution >= 4 is 57.3 Å². The average molecular weight is 537 g/mol. The summed E-state index contributed by atoms with van der Waals surface area (Å²) in [5.74, 6) is -0.239. The third-order valence-corrected chi connectivity index (χ3v) is 7.51. The van der Waals surface area contributed by atoms with Gasteiger partial charge in [-0.25, -0.2) is 0 Å². The Hall–Kier alpha value is -4.06. The van der Waals surface area contributed by atoms with Crippen LogP contribution in [0.4, 0.5) is 11.4 Å². The molecule has 4 nitrogen and oxygen atoms in total. The number of carbonyl (C=O) groups is 2. The maximum atomic E-state index is 13.5. The molecule has 0 saturated heterocycles. The highest BCUT2D eigenvalue weighted by Gasteiger charge is 2.22. The zero-order valence-electron chi connectivity index (χ0n) is 20.4. The van der Waals surface area contributed by atoms with E-state index in [0.29, 0.717) is 10.7 Å². The van der Waals surface area contributed by atoms with E-state index in [1.807, 2.05) is 109 Å². The number of amides is 2. The van der Waals surface area contributed by atoms with Crippen molar-refractivity contribution in [2.45, 2.75) is 16.6 Å². The molecular weight excluding hydrogens is 512 g/mol. The van der Waals surface area contributed by atoms with Crippen LogP contribution < -0.4 is 10.6 Å². The maximum Gasteiger partial charge on any atom is 0.242 e. The number of hydrogen-bond acceptors (Lipinski definition) is 3. The molecule has 0 fully saturated rings. The molecule has 6 heteroatoms. The lowest BCUT2D eigenvalue weighted by molar-refractivity contribution is -0.116. The Balaban J connectivity index is 1.32. The number of carbonyl (C=O) groups excluding carboxylic acids is 2. The number of halogens is 1. The van der Waals surface area contributed by atoms with E-state index in [0.717, 1.165) is 32.5 Å². The Kier molecular flexibility index (Phi) is 8.07. The van der Waals surface area contributed by atoms with E-state index < -0.39 is 5.25 Å². The Labute approximate surface area is 231 Å². The van der Waals surface area contributed by atoms with Gasteiger partial charge in [0.1, 0.15) is 5.25 Å². The molecule has 188 valence electrons. The third-order valence-electron chi connectivity index (χ3n) is 6.01. The normalized spacial score (nSPS) is 11.6. The molecule has 2 amide bonds. The van der Waals surface area contributed by atoms with Crippen molar-refractivity contribution in [3.63, 3.8) is 0 Å². The minimum atomic E-state index is -0.484. The monoisotopic (exact) mass is 536 g/mol. The first-order valence-corrected chi connectivity index (χ1v) is 13.4. The van der Waals surface area contributed by atoms with Crippen molar-refractivity contribution in [3.8, 4) is 0 Å². The summed E-state index contributed by atoms with van der Waals surface area (Å²) in [6.07, 6.45) is 0.245. The van der Waals surface area contributed by atoms with E-state index in [-0.39, 0.29) is 18.2 Å². The van der Waals surface area contributed by atoms with Crippen LogP contribution in [-0.2, 0) is 16.0 Å². The topological polar surface area (TPSA) is 58.2 Å². The molecule has 1 atom stereocenters. The van der Waals surface area contributed by atoms with Crippen LogP contribution >= 0.6 is 23.4 Å². The molecule has 0 heterocycles. The minimum Gasteiger partial charge on any atom is -0.326 e. The van der Waals surface area contributed by atoms with Crippen LogP contribution in [0.15, 0.2) is 126 Å². The van der Waals surface area contributed by atoms with Gasteiger partial charge in [0.15, 0.2) is 0 Å². The van der Waals surface area contributed by atoms with Gasteiger partial charge < -0.3 is 10.6 Å².